The predicted octanol–water partition coefficient (Wildman–Crippen LogP) is 1.10. The van der Waals surface area contributed by atoms with Gasteiger partial charge in [0, 0.05) is 5.54 Å². The van der Waals surface area contributed by atoms with E-state index in [0.29, 0.717) is 0 Å². The smallest absolute Gasteiger partial charge is 0.0610 e. The molecule has 0 aromatic carbocycles. The summed E-state index contributed by atoms with van der Waals surface area (Å²) in [6.07, 6.45) is 3.11. The van der Waals surface area contributed by atoms with Gasteiger partial charge in [0.25, 0.3) is 0 Å². The third-order valence-electron chi connectivity index (χ3n) is 1.81. The molecule has 0 aliphatic heterocycles. The van der Waals surface area contributed by atoms with Gasteiger partial charge in [0.05, 0.1) is 6.61 Å². The van der Waals surface area contributed by atoms with E-state index in [4.69, 9.17) is 5.11 Å². The summed E-state index contributed by atoms with van der Waals surface area (Å²) in [6, 6.07) is 0. The second-order valence-corrected chi connectivity index (χ2v) is 3.98. The zero-order chi connectivity index (χ0) is 8.74. The van der Waals surface area contributed by atoms with Gasteiger partial charge in [0.15, 0.2) is 0 Å². The van der Waals surface area contributed by atoms with E-state index in [0.717, 1.165) is 18.7 Å². The van der Waals surface area contributed by atoms with Crippen LogP contribution in [0.3, 0.4) is 0 Å². The number of hydrogen-bond acceptors (Lipinski definition) is 3. The van der Waals surface area contributed by atoms with Crippen LogP contribution in [0.1, 0.15) is 20.3 Å². The lowest BCUT2D eigenvalue weighted by molar-refractivity contribution is 0.173. The fraction of sp³-hybridized carbons (Fsp3) is 1.00. The number of aliphatic hydroxyl groups is 1. The van der Waals surface area contributed by atoms with Gasteiger partial charge in [-0.15, -0.1) is 0 Å². The van der Waals surface area contributed by atoms with Gasteiger partial charge in [-0.3, -0.25) is 0 Å². The molecule has 0 rings (SSSR count). The zero-order valence-electron chi connectivity index (χ0n) is 7.68. The van der Waals surface area contributed by atoms with E-state index in [-0.39, 0.29) is 12.1 Å². The number of likely N-dealkylation sites (N-methyl/N-ethyl adjacent to an activating group) is 1. The summed E-state index contributed by atoms with van der Waals surface area (Å²) in [4.78, 5) is 0. The van der Waals surface area contributed by atoms with Crippen LogP contribution in [0.5, 0.6) is 0 Å². The van der Waals surface area contributed by atoms with Gasteiger partial charge in [-0.05, 0) is 31.9 Å². The third-order valence-corrected chi connectivity index (χ3v) is 2.42. The summed E-state index contributed by atoms with van der Waals surface area (Å²) < 4.78 is 0. The van der Waals surface area contributed by atoms with Gasteiger partial charge in [0.1, 0.15) is 0 Å². The standard InChI is InChI=1S/C8H19NOS/c1-4-9-8(2,7-10)5-6-11-3/h9-10H,4-7H2,1-3H3. The quantitative estimate of drug-likeness (QED) is 0.637. The molecule has 0 saturated carbocycles. The maximum absolute atomic E-state index is 9.07. The molecular formula is C8H19NOS. The molecule has 0 aromatic heterocycles. The monoisotopic (exact) mass is 177 g/mol. The molecule has 0 heterocycles. The Hall–Kier alpha value is 0.270. The van der Waals surface area contributed by atoms with Crippen LogP contribution in [0.2, 0.25) is 0 Å². The summed E-state index contributed by atoms with van der Waals surface area (Å²) >= 11 is 1.82. The van der Waals surface area contributed by atoms with E-state index in [1.807, 2.05) is 11.8 Å². The van der Waals surface area contributed by atoms with E-state index in [9.17, 15) is 0 Å². The summed E-state index contributed by atoms with van der Waals surface area (Å²) in [5.41, 5.74) is -0.0717. The van der Waals surface area contributed by atoms with Gasteiger partial charge in [-0.2, -0.15) is 11.8 Å². The van der Waals surface area contributed by atoms with Gasteiger partial charge in [-0.1, -0.05) is 6.92 Å². The van der Waals surface area contributed by atoms with Crippen LogP contribution in [-0.2, 0) is 0 Å². The van der Waals surface area contributed by atoms with Crippen molar-refractivity contribution in [1.82, 2.24) is 5.32 Å². The topological polar surface area (TPSA) is 32.3 Å². The summed E-state index contributed by atoms with van der Waals surface area (Å²) in [7, 11) is 0. The number of nitrogens with one attached hydrogen (secondary N) is 1. The molecule has 1 atom stereocenters. The Bertz CT molecular complexity index is 100. The van der Waals surface area contributed by atoms with Gasteiger partial charge in [0.2, 0.25) is 0 Å². The third kappa shape index (κ3) is 4.67. The molecule has 2 N–H and O–H groups in total. The highest BCUT2D eigenvalue weighted by atomic mass is 32.2. The van der Waals surface area contributed by atoms with Crippen molar-refractivity contribution in [1.29, 1.82) is 0 Å². The molecule has 68 valence electrons. The van der Waals surface area contributed by atoms with Crippen molar-refractivity contribution in [3.8, 4) is 0 Å². The predicted molar refractivity (Wildman–Crippen MR) is 52.2 cm³/mol. The maximum atomic E-state index is 9.07. The molecule has 0 amide bonds. The van der Waals surface area contributed by atoms with Crippen LogP contribution in [0, 0.1) is 0 Å². The van der Waals surface area contributed by atoms with Gasteiger partial charge < -0.3 is 10.4 Å². The minimum atomic E-state index is -0.0717. The first-order valence-corrected chi connectivity index (χ1v) is 5.42. The van der Waals surface area contributed by atoms with Crippen LogP contribution in [0.25, 0.3) is 0 Å². The van der Waals surface area contributed by atoms with E-state index >= 15 is 0 Å². The van der Waals surface area contributed by atoms with Crippen molar-refractivity contribution in [2.75, 3.05) is 25.2 Å². The van der Waals surface area contributed by atoms with Crippen LogP contribution in [0.15, 0.2) is 0 Å². The Morgan fingerprint density at radius 2 is 2.18 bits per heavy atom. The van der Waals surface area contributed by atoms with Crippen molar-refractivity contribution < 1.29 is 5.11 Å². The molecule has 3 heteroatoms. The maximum Gasteiger partial charge on any atom is 0.0610 e. The van der Waals surface area contributed by atoms with Crippen molar-refractivity contribution in [2.45, 2.75) is 25.8 Å². The van der Waals surface area contributed by atoms with Crippen LogP contribution < -0.4 is 5.32 Å². The summed E-state index contributed by atoms with van der Waals surface area (Å²) in [6.45, 7) is 5.27. The molecule has 0 saturated heterocycles. The average Bonchev–Trinajstić information content (AvgIpc) is 2.02. The zero-order valence-corrected chi connectivity index (χ0v) is 8.50. The minimum Gasteiger partial charge on any atom is -0.394 e. The average molecular weight is 177 g/mol. The van der Waals surface area contributed by atoms with Crippen LogP contribution in [0.4, 0.5) is 0 Å². The Labute approximate surface area is 73.8 Å². The number of rotatable bonds is 6. The van der Waals surface area contributed by atoms with E-state index in [1.165, 1.54) is 0 Å². The molecule has 2 nitrogen and oxygen atoms in total. The SMILES string of the molecule is CCNC(C)(CO)CCSC. The minimum absolute atomic E-state index is 0.0717. The second kappa shape index (κ2) is 5.86. The van der Waals surface area contributed by atoms with E-state index in [2.05, 4.69) is 25.4 Å². The molecule has 0 fully saturated rings. The lowest BCUT2D eigenvalue weighted by Gasteiger charge is -2.27. The first kappa shape index (κ1) is 11.3. The lowest BCUT2D eigenvalue weighted by Crippen LogP contribution is -2.46. The Kier molecular flexibility index (Phi) is 6.01. The molecule has 1 unspecified atom stereocenters. The highest BCUT2D eigenvalue weighted by Crippen LogP contribution is 2.11. The lowest BCUT2D eigenvalue weighted by atomic mass is 10.0. The van der Waals surface area contributed by atoms with Crippen LogP contribution >= 0.6 is 11.8 Å². The summed E-state index contributed by atoms with van der Waals surface area (Å²) in [5.74, 6) is 1.10. The van der Waals surface area contributed by atoms with Crippen molar-refractivity contribution in [3.63, 3.8) is 0 Å². The van der Waals surface area contributed by atoms with Gasteiger partial charge >= 0.3 is 0 Å². The highest BCUT2D eigenvalue weighted by molar-refractivity contribution is 7.98. The summed E-state index contributed by atoms with van der Waals surface area (Å²) in [5, 5.41) is 12.4. The van der Waals surface area contributed by atoms with Crippen molar-refractivity contribution in [2.24, 2.45) is 0 Å². The fourth-order valence-electron chi connectivity index (χ4n) is 0.977. The normalized spacial score (nSPS) is 16.4. The number of aliphatic hydroxyl groups excluding tert-OH is 1. The van der Waals surface area contributed by atoms with Crippen molar-refractivity contribution in [3.05, 3.63) is 0 Å². The van der Waals surface area contributed by atoms with E-state index < -0.39 is 0 Å². The number of hydrogen-bond donors (Lipinski definition) is 2. The molecule has 0 radical (unpaired) electrons. The van der Waals surface area contributed by atoms with E-state index in [1.54, 1.807) is 0 Å². The first-order chi connectivity index (χ1) is 5.18. The largest absolute Gasteiger partial charge is 0.394 e. The Morgan fingerprint density at radius 1 is 1.55 bits per heavy atom. The molecule has 0 aliphatic carbocycles. The second-order valence-electron chi connectivity index (χ2n) is 2.99. The first-order valence-electron chi connectivity index (χ1n) is 4.03. The van der Waals surface area contributed by atoms with Crippen LogP contribution in [-0.4, -0.2) is 35.8 Å². The van der Waals surface area contributed by atoms with Gasteiger partial charge in [-0.25, -0.2) is 0 Å². The number of thioether (sulfide) groups is 1. The Balaban J connectivity index is 3.68. The Morgan fingerprint density at radius 3 is 2.55 bits per heavy atom. The molecule has 11 heavy (non-hydrogen) atoms. The van der Waals surface area contributed by atoms with Crippen molar-refractivity contribution >= 4 is 11.8 Å². The molecule has 0 aromatic rings. The molecule has 0 aliphatic rings. The fourth-order valence-corrected chi connectivity index (χ4v) is 1.63. The highest BCUT2D eigenvalue weighted by Gasteiger charge is 2.20. The molecule has 0 bridgehead atoms. The molecular weight excluding hydrogens is 158 g/mol. The molecule has 0 spiro atoms.